The summed E-state index contributed by atoms with van der Waals surface area (Å²) in [6.07, 6.45) is 2.97. The van der Waals surface area contributed by atoms with Crippen LogP contribution in [-0.2, 0) is 0 Å². The first-order chi connectivity index (χ1) is 5.13. The third-order valence-electron chi connectivity index (χ3n) is 2.83. The number of aliphatic hydroxyl groups excluding tert-OH is 1. The summed E-state index contributed by atoms with van der Waals surface area (Å²) in [5.74, 6) is 1.14. The highest BCUT2D eigenvalue weighted by Gasteiger charge is 2.30. The number of aliphatic hydroxyl groups is 1. The van der Waals surface area contributed by atoms with Crippen molar-refractivity contribution in [2.24, 2.45) is 17.6 Å². The summed E-state index contributed by atoms with van der Waals surface area (Å²) in [6.45, 7) is 4.37. The Kier molecular flexibility index (Phi) is 2.90. The van der Waals surface area contributed by atoms with Crippen LogP contribution in [0, 0.1) is 11.8 Å². The lowest BCUT2D eigenvalue weighted by Gasteiger charge is -2.35. The largest absolute Gasteiger partial charge is 0.392 e. The Morgan fingerprint density at radius 3 is 2.45 bits per heavy atom. The molecule has 2 heteroatoms. The van der Waals surface area contributed by atoms with Crippen LogP contribution >= 0.6 is 0 Å². The predicted molar refractivity (Wildman–Crippen MR) is 46.2 cm³/mol. The Labute approximate surface area is 68.8 Å². The molecule has 1 aliphatic rings. The second-order valence-corrected chi connectivity index (χ2v) is 3.98. The fourth-order valence-corrected chi connectivity index (χ4v) is 2.01. The monoisotopic (exact) mass is 157 g/mol. The smallest absolute Gasteiger partial charge is 0.0693 e. The fraction of sp³-hybridized carbons (Fsp3) is 1.00. The second-order valence-electron chi connectivity index (χ2n) is 3.98. The normalized spacial score (nSPS) is 39.5. The number of nitrogens with two attached hydrogens (primary N) is 1. The number of hydrogen-bond acceptors (Lipinski definition) is 2. The molecule has 3 atom stereocenters. The van der Waals surface area contributed by atoms with Gasteiger partial charge in [0.1, 0.15) is 0 Å². The van der Waals surface area contributed by atoms with Crippen molar-refractivity contribution in [3.8, 4) is 0 Å². The predicted octanol–water partition coefficient (Wildman–Crippen LogP) is 1.13. The Balaban J connectivity index is 2.51. The average Bonchev–Trinajstić information content (AvgIpc) is 1.94. The van der Waals surface area contributed by atoms with E-state index in [4.69, 9.17) is 5.73 Å². The SMILES string of the molecule is CC(C)C1CCCC(O)C1N. The molecule has 1 fully saturated rings. The molecule has 2 nitrogen and oxygen atoms in total. The van der Waals surface area contributed by atoms with E-state index in [2.05, 4.69) is 13.8 Å². The molecule has 1 saturated carbocycles. The highest BCUT2D eigenvalue weighted by molar-refractivity contribution is 4.86. The molecule has 0 aliphatic heterocycles. The van der Waals surface area contributed by atoms with Crippen molar-refractivity contribution in [3.05, 3.63) is 0 Å². The molecule has 0 aromatic rings. The first-order valence-corrected chi connectivity index (χ1v) is 4.56. The fourth-order valence-electron chi connectivity index (χ4n) is 2.01. The minimum atomic E-state index is -0.254. The molecule has 66 valence electrons. The first-order valence-electron chi connectivity index (χ1n) is 4.56. The van der Waals surface area contributed by atoms with E-state index < -0.39 is 0 Å². The lowest BCUT2D eigenvalue weighted by Crippen LogP contribution is -2.46. The van der Waals surface area contributed by atoms with E-state index in [1.54, 1.807) is 0 Å². The summed E-state index contributed by atoms with van der Waals surface area (Å²) in [7, 11) is 0. The molecule has 0 spiro atoms. The highest BCUT2D eigenvalue weighted by atomic mass is 16.3. The van der Waals surface area contributed by atoms with Crippen molar-refractivity contribution in [1.82, 2.24) is 0 Å². The second kappa shape index (κ2) is 3.55. The van der Waals surface area contributed by atoms with Crippen molar-refractivity contribution in [1.29, 1.82) is 0 Å². The molecule has 0 bridgehead atoms. The van der Waals surface area contributed by atoms with E-state index in [0.29, 0.717) is 11.8 Å². The quantitative estimate of drug-likeness (QED) is 0.599. The van der Waals surface area contributed by atoms with Gasteiger partial charge in [0.25, 0.3) is 0 Å². The van der Waals surface area contributed by atoms with Gasteiger partial charge in [-0.15, -0.1) is 0 Å². The van der Waals surface area contributed by atoms with Crippen LogP contribution in [-0.4, -0.2) is 17.3 Å². The summed E-state index contributed by atoms with van der Waals surface area (Å²) < 4.78 is 0. The Morgan fingerprint density at radius 2 is 2.00 bits per heavy atom. The molecular weight excluding hydrogens is 138 g/mol. The lowest BCUT2D eigenvalue weighted by atomic mass is 9.77. The van der Waals surface area contributed by atoms with Gasteiger partial charge in [0.15, 0.2) is 0 Å². The summed E-state index contributed by atoms with van der Waals surface area (Å²) in [4.78, 5) is 0. The maximum absolute atomic E-state index is 9.47. The van der Waals surface area contributed by atoms with Crippen LogP contribution in [0.25, 0.3) is 0 Å². The summed E-state index contributed by atoms with van der Waals surface area (Å²) >= 11 is 0. The van der Waals surface area contributed by atoms with Gasteiger partial charge in [-0.05, 0) is 24.7 Å². The van der Waals surface area contributed by atoms with Gasteiger partial charge >= 0.3 is 0 Å². The van der Waals surface area contributed by atoms with Gasteiger partial charge in [0, 0.05) is 6.04 Å². The van der Waals surface area contributed by atoms with Crippen LogP contribution in [0.15, 0.2) is 0 Å². The zero-order chi connectivity index (χ0) is 8.43. The Hall–Kier alpha value is -0.0800. The van der Waals surface area contributed by atoms with Gasteiger partial charge in [0.2, 0.25) is 0 Å². The molecule has 0 aromatic heterocycles. The van der Waals surface area contributed by atoms with Crippen molar-refractivity contribution < 1.29 is 5.11 Å². The van der Waals surface area contributed by atoms with Crippen molar-refractivity contribution in [2.45, 2.75) is 45.3 Å². The van der Waals surface area contributed by atoms with E-state index in [1.807, 2.05) is 0 Å². The van der Waals surface area contributed by atoms with Gasteiger partial charge in [0.05, 0.1) is 6.10 Å². The van der Waals surface area contributed by atoms with Crippen molar-refractivity contribution in [2.75, 3.05) is 0 Å². The van der Waals surface area contributed by atoms with Crippen molar-refractivity contribution >= 4 is 0 Å². The molecule has 3 unspecified atom stereocenters. The zero-order valence-corrected chi connectivity index (χ0v) is 7.46. The molecule has 0 radical (unpaired) electrons. The first kappa shape index (κ1) is 9.01. The molecule has 1 aliphatic carbocycles. The Bertz CT molecular complexity index is 125. The molecule has 3 N–H and O–H groups in total. The van der Waals surface area contributed by atoms with E-state index in [1.165, 1.54) is 6.42 Å². The number of hydrogen-bond donors (Lipinski definition) is 2. The van der Waals surface area contributed by atoms with Crippen LogP contribution < -0.4 is 5.73 Å². The van der Waals surface area contributed by atoms with E-state index in [9.17, 15) is 5.11 Å². The highest BCUT2D eigenvalue weighted by Crippen LogP contribution is 2.28. The average molecular weight is 157 g/mol. The lowest BCUT2D eigenvalue weighted by molar-refractivity contribution is 0.0605. The topological polar surface area (TPSA) is 46.2 Å². The van der Waals surface area contributed by atoms with Gasteiger partial charge < -0.3 is 10.8 Å². The maximum Gasteiger partial charge on any atom is 0.0693 e. The minimum absolute atomic E-state index is 0.0174. The molecule has 11 heavy (non-hydrogen) atoms. The molecule has 0 aromatic carbocycles. The summed E-state index contributed by atoms with van der Waals surface area (Å²) in [5.41, 5.74) is 5.87. The van der Waals surface area contributed by atoms with E-state index in [0.717, 1.165) is 12.8 Å². The van der Waals surface area contributed by atoms with Gasteiger partial charge in [-0.2, -0.15) is 0 Å². The molecule has 0 amide bonds. The maximum atomic E-state index is 9.47. The van der Waals surface area contributed by atoms with Crippen molar-refractivity contribution in [3.63, 3.8) is 0 Å². The van der Waals surface area contributed by atoms with Gasteiger partial charge in [-0.1, -0.05) is 20.3 Å². The zero-order valence-electron chi connectivity index (χ0n) is 7.46. The minimum Gasteiger partial charge on any atom is -0.392 e. The number of rotatable bonds is 1. The van der Waals surface area contributed by atoms with Crippen LogP contribution in [0.2, 0.25) is 0 Å². The van der Waals surface area contributed by atoms with Crippen LogP contribution in [0.4, 0.5) is 0 Å². The molecule has 0 saturated heterocycles. The van der Waals surface area contributed by atoms with E-state index >= 15 is 0 Å². The standard InChI is InChI=1S/C9H19NO/c1-6(2)7-4-3-5-8(11)9(7)10/h6-9,11H,3-5,10H2,1-2H3. The van der Waals surface area contributed by atoms with Crippen LogP contribution in [0.3, 0.4) is 0 Å². The van der Waals surface area contributed by atoms with Crippen LogP contribution in [0.5, 0.6) is 0 Å². The van der Waals surface area contributed by atoms with Crippen LogP contribution in [0.1, 0.15) is 33.1 Å². The summed E-state index contributed by atoms with van der Waals surface area (Å²) in [5, 5.41) is 9.47. The van der Waals surface area contributed by atoms with Gasteiger partial charge in [-0.3, -0.25) is 0 Å². The Morgan fingerprint density at radius 1 is 1.36 bits per heavy atom. The molecular formula is C9H19NO. The third-order valence-corrected chi connectivity index (χ3v) is 2.83. The third kappa shape index (κ3) is 1.94. The van der Waals surface area contributed by atoms with Gasteiger partial charge in [-0.25, -0.2) is 0 Å². The van der Waals surface area contributed by atoms with E-state index in [-0.39, 0.29) is 12.1 Å². The summed E-state index contributed by atoms with van der Waals surface area (Å²) in [6, 6.07) is 0.0174. The molecule has 1 rings (SSSR count). The molecule has 0 heterocycles.